The number of epoxide rings is 1. The van der Waals surface area contributed by atoms with E-state index in [0.29, 0.717) is 6.61 Å². The van der Waals surface area contributed by atoms with E-state index < -0.39 is 17.2 Å². The van der Waals surface area contributed by atoms with Gasteiger partial charge in [0.25, 0.3) is 0 Å². The van der Waals surface area contributed by atoms with E-state index in [1.807, 2.05) is 0 Å². The highest BCUT2D eigenvalue weighted by Crippen LogP contribution is 2.40. The topological polar surface area (TPSA) is 25.4 Å². The van der Waals surface area contributed by atoms with Gasteiger partial charge in [-0.3, -0.25) is 4.98 Å². The second-order valence-electron chi connectivity index (χ2n) is 3.00. The normalized spacial score (nSPS) is 27.2. The fraction of sp³-hybridized carbons (Fsp3) is 0.375. The van der Waals surface area contributed by atoms with Gasteiger partial charge in [0.15, 0.2) is 11.6 Å². The molecular formula is C8H7F2NO. The van der Waals surface area contributed by atoms with Gasteiger partial charge in [-0.25, -0.2) is 8.78 Å². The number of aromatic nitrogens is 1. The zero-order valence-electron chi connectivity index (χ0n) is 6.47. The molecule has 2 nitrogen and oxygen atoms in total. The quantitative estimate of drug-likeness (QED) is 0.600. The minimum absolute atomic E-state index is 0.0162. The number of hydrogen-bond donors (Lipinski definition) is 0. The van der Waals surface area contributed by atoms with Gasteiger partial charge in [-0.05, 0) is 6.92 Å². The number of nitrogens with zero attached hydrogens (tertiary/aromatic N) is 1. The minimum atomic E-state index is -0.767. The molecule has 0 saturated carbocycles. The second kappa shape index (κ2) is 2.23. The molecule has 1 unspecified atom stereocenters. The summed E-state index contributed by atoms with van der Waals surface area (Å²) < 4.78 is 30.9. The molecule has 0 amide bonds. The lowest BCUT2D eigenvalue weighted by molar-refractivity contribution is 0.311. The first kappa shape index (κ1) is 7.61. The van der Waals surface area contributed by atoms with Crippen molar-refractivity contribution in [2.24, 2.45) is 0 Å². The number of rotatable bonds is 1. The SMILES string of the molecule is CC1(c2c(F)cncc2F)CO1. The summed E-state index contributed by atoms with van der Waals surface area (Å²) in [6, 6.07) is 0. The fourth-order valence-electron chi connectivity index (χ4n) is 1.17. The highest BCUT2D eigenvalue weighted by molar-refractivity contribution is 5.26. The molecule has 1 atom stereocenters. The van der Waals surface area contributed by atoms with Crippen LogP contribution >= 0.6 is 0 Å². The monoisotopic (exact) mass is 171 g/mol. The Morgan fingerprint density at radius 2 is 1.92 bits per heavy atom. The van der Waals surface area contributed by atoms with Gasteiger partial charge < -0.3 is 4.74 Å². The Kier molecular flexibility index (Phi) is 1.41. The van der Waals surface area contributed by atoms with Gasteiger partial charge in [0.2, 0.25) is 0 Å². The molecule has 4 heteroatoms. The second-order valence-corrected chi connectivity index (χ2v) is 3.00. The van der Waals surface area contributed by atoms with Crippen molar-refractivity contribution >= 4 is 0 Å². The molecule has 0 radical (unpaired) electrons. The van der Waals surface area contributed by atoms with Gasteiger partial charge in [0.1, 0.15) is 5.60 Å². The average Bonchev–Trinajstić information content (AvgIpc) is 2.68. The summed E-state index contributed by atoms with van der Waals surface area (Å²) in [7, 11) is 0. The molecule has 1 aromatic heterocycles. The highest BCUT2D eigenvalue weighted by Gasteiger charge is 2.45. The molecule has 0 bridgehead atoms. The Morgan fingerprint density at radius 3 is 2.33 bits per heavy atom. The molecule has 64 valence electrons. The molecule has 0 aliphatic carbocycles. The smallest absolute Gasteiger partial charge is 0.150 e. The van der Waals surface area contributed by atoms with E-state index in [9.17, 15) is 8.78 Å². The van der Waals surface area contributed by atoms with E-state index in [1.54, 1.807) is 6.92 Å². The van der Waals surface area contributed by atoms with Gasteiger partial charge in [0, 0.05) is 0 Å². The lowest BCUT2D eigenvalue weighted by Gasteiger charge is -2.06. The van der Waals surface area contributed by atoms with Crippen LogP contribution in [0.15, 0.2) is 12.4 Å². The van der Waals surface area contributed by atoms with Gasteiger partial charge in [-0.15, -0.1) is 0 Å². The molecule has 2 heterocycles. The largest absolute Gasteiger partial charge is 0.365 e. The van der Waals surface area contributed by atoms with E-state index in [-0.39, 0.29) is 5.56 Å². The van der Waals surface area contributed by atoms with Crippen LogP contribution in [-0.4, -0.2) is 11.6 Å². The van der Waals surface area contributed by atoms with E-state index >= 15 is 0 Å². The minimum Gasteiger partial charge on any atom is -0.365 e. The summed E-state index contributed by atoms with van der Waals surface area (Å²) >= 11 is 0. The Bertz CT molecular complexity index is 303. The molecule has 1 aliphatic rings. The lowest BCUT2D eigenvalue weighted by Crippen LogP contribution is -2.09. The van der Waals surface area contributed by atoms with E-state index in [4.69, 9.17) is 4.74 Å². The van der Waals surface area contributed by atoms with E-state index in [2.05, 4.69) is 4.98 Å². The van der Waals surface area contributed by atoms with Crippen molar-refractivity contribution in [3.05, 3.63) is 29.6 Å². The first-order valence-corrected chi connectivity index (χ1v) is 3.57. The first-order valence-electron chi connectivity index (χ1n) is 3.57. The zero-order chi connectivity index (χ0) is 8.77. The Morgan fingerprint density at radius 1 is 1.42 bits per heavy atom. The first-order chi connectivity index (χ1) is 5.63. The van der Waals surface area contributed by atoms with Crippen LogP contribution in [0.25, 0.3) is 0 Å². The Labute approximate surface area is 68.2 Å². The van der Waals surface area contributed by atoms with Crippen LogP contribution in [-0.2, 0) is 10.3 Å². The molecule has 0 spiro atoms. The Hall–Kier alpha value is -1.03. The lowest BCUT2D eigenvalue weighted by atomic mass is 10.0. The van der Waals surface area contributed by atoms with Crippen molar-refractivity contribution in [1.29, 1.82) is 0 Å². The van der Waals surface area contributed by atoms with E-state index in [0.717, 1.165) is 12.4 Å². The summed E-state index contributed by atoms with van der Waals surface area (Å²) in [5.41, 5.74) is -0.783. The fourth-order valence-corrected chi connectivity index (χ4v) is 1.17. The van der Waals surface area contributed by atoms with Gasteiger partial charge in [-0.2, -0.15) is 0 Å². The number of halogens is 2. The predicted octanol–water partition coefficient (Wildman–Crippen LogP) is 1.61. The maximum atomic E-state index is 13.0. The third-order valence-corrected chi connectivity index (χ3v) is 1.96. The van der Waals surface area contributed by atoms with Crippen LogP contribution < -0.4 is 0 Å². The van der Waals surface area contributed by atoms with Crippen molar-refractivity contribution < 1.29 is 13.5 Å². The summed E-state index contributed by atoms with van der Waals surface area (Å²) in [4.78, 5) is 3.38. The molecular weight excluding hydrogens is 164 g/mol. The van der Waals surface area contributed by atoms with Gasteiger partial charge in [-0.1, -0.05) is 0 Å². The maximum Gasteiger partial charge on any atom is 0.150 e. The number of hydrogen-bond acceptors (Lipinski definition) is 2. The average molecular weight is 171 g/mol. The zero-order valence-corrected chi connectivity index (χ0v) is 6.47. The molecule has 1 aliphatic heterocycles. The predicted molar refractivity (Wildman–Crippen MR) is 37.5 cm³/mol. The van der Waals surface area contributed by atoms with Crippen molar-refractivity contribution in [2.45, 2.75) is 12.5 Å². The highest BCUT2D eigenvalue weighted by atomic mass is 19.1. The van der Waals surface area contributed by atoms with Crippen LogP contribution in [0.1, 0.15) is 12.5 Å². The molecule has 0 aromatic carbocycles. The molecule has 2 rings (SSSR count). The molecule has 0 N–H and O–H groups in total. The molecule has 1 saturated heterocycles. The number of ether oxygens (including phenoxy) is 1. The molecule has 1 aromatic rings. The summed E-state index contributed by atoms with van der Waals surface area (Å²) in [5.74, 6) is -1.29. The van der Waals surface area contributed by atoms with Crippen molar-refractivity contribution in [3.8, 4) is 0 Å². The Balaban J connectivity index is 2.55. The van der Waals surface area contributed by atoms with Crippen LogP contribution in [0.3, 0.4) is 0 Å². The molecule has 12 heavy (non-hydrogen) atoms. The van der Waals surface area contributed by atoms with Crippen LogP contribution in [0.4, 0.5) is 8.78 Å². The van der Waals surface area contributed by atoms with Gasteiger partial charge >= 0.3 is 0 Å². The third-order valence-electron chi connectivity index (χ3n) is 1.96. The van der Waals surface area contributed by atoms with Crippen molar-refractivity contribution in [2.75, 3.05) is 6.61 Å². The number of pyridine rings is 1. The van der Waals surface area contributed by atoms with Crippen LogP contribution in [0.2, 0.25) is 0 Å². The maximum absolute atomic E-state index is 13.0. The van der Waals surface area contributed by atoms with Crippen LogP contribution in [0.5, 0.6) is 0 Å². The van der Waals surface area contributed by atoms with Crippen molar-refractivity contribution in [3.63, 3.8) is 0 Å². The summed E-state index contributed by atoms with van der Waals surface area (Å²) in [6.07, 6.45) is 1.98. The van der Waals surface area contributed by atoms with E-state index in [1.165, 1.54) is 0 Å². The molecule has 1 fully saturated rings. The standard InChI is InChI=1S/C8H7F2NO/c1-8(4-12-8)7-5(9)2-11-3-6(7)10/h2-3H,4H2,1H3. The van der Waals surface area contributed by atoms with Gasteiger partial charge in [0.05, 0.1) is 24.6 Å². The summed E-state index contributed by atoms with van der Waals surface area (Å²) in [6.45, 7) is 2.01. The summed E-state index contributed by atoms with van der Waals surface area (Å²) in [5, 5.41) is 0. The van der Waals surface area contributed by atoms with Crippen molar-refractivity contribution in [1.82, 2.24) is 4.98 Å². The third kappa shape index (κ3) is 0.992. The van der Waals surface area contributed by atoms with Crippen LogP contribution in [0, 0.1) is 11.6 Å².